The second-order valence-corrected chi connectivity index (χ2v) is 18.9. The van der Waals surface area contributed by atoms with Crippen LogP contribution in [0.4, 0.5) is 5.69 Å². The first-order chi connectivity index (χ1) is 20.8. The van der Waals surface area contributed by atoms with Crippen LogP contribution in [-0.4, -0.2) is 51.8 Å². The van der Waals surface area contributed by atoms with Gasteiger partial charge in [-0.2, -0.15) is 0 Å². The molecule has 0 spiro atoms. The summed E-state index contributed by atoms with van der Waals surface area (Å²) in [5, 5.41) is 10.2. The lowest BCUT2D eigenvalue weighted by Crippen LogP contribution is -2.65. The lowest BCUT2D eigenvalue weighted by atomic mass is 9.91. The SMILES string of the molecule is CC(C)=C(C(=O)OCc1ccc([N+](=O)[O-])cc1)N1C(=O)[C@H]([C@@H](C)O[Si](C)(C)C(C)(C)C)[C@H]1SC(=S)Oc1ccc(C(N)=O)cc1. The van der Waals surface area contributed by atoms with Gasteiger partial charge in [-0.1, -0.05) is 20.8 Å². The molecule has 0 radical (unpaired) electrons. The fourth-order valence-corrected chi connectivity index (χ4v) is 7.34. The van der Waals surface area contributed by atoms with Crippen LogP contribution in [0.5, 0.6) is 5.75 Å². The van der Waals surface area contributed by atoms with Crippen LogP contribution in [0.3, 0.4) is 0 Å². The van der Waals surface area contributed by atoms with Crippen LogP contribution < -0.4 is 10.5 Å². The summed E-state index contributed by atoms with van der Waals surface area (Å²) >= 11 is 6.67. The Morgan fingerprint density at radius 1 is 1.11 bits per heavy atom. The van der Waals surface area contributed by atoms with Crippen molar-refractivity contribution in [1.82, 2.24) is 4.90 Å². The number of carbonyl (C=O) groups excluding carboxylic acids is 3. The number of hydrogen-bond acceptors (Lipinski definition) is 10. The quantitative estimate of drug-likeness (QED) is 0.0546. The molecule has 2 N–H and O–H groups in total. The average Bonchev–Trinajstić information content (AvgIpc) is 2.93. The monoisotopic (exact) mass is 673 g/mol. The highest BCUT2D eigenvalue weighted by atomic mass is 32.2. The van der Waals surface area contributed by atoms with Crippen molar-refractivity contribution in [3.8, 4) is 5.75 Å². The smallest absolute Gasteiger partial charge is 0.355 e. The van der Waals surface area contributed by atoms with Crippen LogP contribution in [0, 0.1) is 16.0 Å². The maximum absolute atomic E-state index is 13.8. The Kier molecular flexibility index (Phi) is 11.3. The zero-order valence-electron chi connectivity index (χ0n) is 26.6. The minimum atomic E-state index is -2.27. The molecule has 3 rings (SSSR count). The first-order valence-electron chi connectivity index (χ1n) is 14.2. The van der Waals surface area contributed by atoms with Crippen molar-refractivity contribution >= 4 is 60.2 Å². The van der Waals surface area contributed by atoms with Crippen LogP contribution in [0.25, 0.3) is 0 Å². The van der Waals surface area contributed by atoms with E-state index in [-0.39, 0.29) is 33.3 Å². The molecule has 11 nitrogen and oxygen atoms in total. The van der Waals surface area contributed by atoms with Crippen molar-refractivity contribution < 1.29 is 33.2 Å². The number of thioether (sulfide) groups is 1. The maximum atomic E-state index is 13.8. The van der Waals surface area contributed by atoms with E-state index in [1.54, 1.807) is 26.0 Å². The number of likely N-dealkylation sites (tertiary alicyclic amines) is 1. The lowest BCUT2D eigenvalue weighted by Gasteiger charge is -2.51. The second kappa shape index (κ2) is 14.2. The third kappa shape index (κ3) is 8.57. The van der Waals surface area contributed by atoms with Gasteiger partial charge >= 0.3 is 5.97 Å². The number of thiocarbonyl (C=S) groups is 1. The third-order valence-corrected chi connectivity index (χ3v) is 13.8. The Labute approximate surface area is 273 Å². The van der Waals surface area contributed by atoms with Crippen LogP contribution in [-0.2, 0) is 25.4 Å². The van der Waals surface area contributed by atoms with E-state index in [1.807, 2.05) is 6.92 Å². The third-order valence-electron chi connectivity index (χ3n) is 7.86. The molecule has 3 atom stereocenters. The van der Waals surface area contributed by atoms with E-state index >= 15 is 0 Å². The Bertz CT molecular complexity index is 1500. The van der Waals surface area contributed by atoms with Gasteiger partial charge in [-0.15, -0.1) is 0 Å². The zero-order chi connectivity index (χ0) is 33.9. The number of nitro groups is 1. The van der Waals surface area contributed by atoms with E-state index in [0.29, 0.717) is 22.4 Å². The summed E-state index contributed by atoms with van der Waals surface area (Å²) in [5.74, 6) is -1.87. The Hall–Kier alpha value is -3.59. The number of allylic oxidation sites excluding steroid dienone is 1. The molecule has 0 aromatic heterocycles. The van der Waals surface area contributed by atoms with E-state index in [2.05, 4.69) is 33.9 Å². The molecule has 1 heterocycles. The fraction of sp³-hybridized carbons (Fsp3) is 0.419. The molecule has 2 aromatic rings. The zero-order valence-corrected chi connectivity index (χ0v) is 29.2. The van der Waals surface area contributed by atoms with Crippen LogP contribution >= 0.6 is 24.0 Å². The van der Waals surface area contributed by atoms with Gasteiger partial charge in [0.15, 0.2) is 8.32 Å². The first kappa shape index (κ1) is 35.9. The standard InChI is InChI=1S/C31H39N3O8S2Si/c1-18(2)25(29(37)40-17-20-9-13-22(14-10-20)34(38)39)33-27(36)24(19(3)42-45(7,8)31(4,5)6)28(33)44-30(43)41-23-15-11-21(12-16-23)26(32)35/h9-16,19,24,28H,17H2,1-8H3,(H2,32,35)/t19-,24+,28-/m1/s1. The minimum absolute atomic E-state index is 0.0730. The topological polar surface area (TPSA) is 151 Å². The van der Waals surface area contributed by atoms with Crippen molar-refractivity contribution in [2.45, 2.75) is 77.8 Å². The van der Waals surface area contributed by atoms with E-state index in [1.165, 1.54) is 41.3 Å². The average molecular weight is 674 g/mol. The van der Waals surface area contributed by atoms with E-state index in [0.717, 1.165) is 11.8 Å². The number of hydrogen-bond donors (Lipinski definition) is 1. The summed E-state index contributed by atoms with van der Waals surface area (Å²) in [6.07, 6.45) is -0.487. The van der Waals surface area contributed by atoms with Crippen molar-refractivity contribution in [3.05, 3.63) is 81.0 Å². The van der Waals surface area contributed by atoms with Gasteiger partial charge in [0.1, 0.15) is 23.4 Å². The van der Waals surface area contributed by atoms with Gasteiger partial charge in [0, 0.05) is 17.7 Å². The lowest BCUT2D eigenvalue weighted by molar-refractivity contribution is -0.384. The number of nitrogens with two attached hydrogens (primary N) is 1. The number of carbonyl (C=O) groups is 3. The number of β-lactam (4-membered cyclic amide) rings is 1. The molecule has 1 aliphatic rings. The Morgan fingerprint density at radius 2 is 1.69 bits per heavy atom. The van der Waals surface area contributed by atoms with E-state index < -0.39 is 42.5 Å². The molecule has 0 aliphatic carbocycles. The van der Waals surface area contributed by atoms with Crippen LogP contribution in [0.1, 0.15) is 57.5 Å². The van der Waals surface area contributed by atoms with Gasteiger partial charge in [0.2, 0.25) is 16.2 Å². The van der Waals surface area contributed by atoms with Crippen LogP contribution in [0.15, 0.2) is 59.8 Å². The second-order valence-electron chi connectivity index (χ2n) is 12.4. The van der Waals surface area contributed by atoms with Gasteiger partial charge < -0.3 is 19.6 Å². The van der Waals surface area contributed by atoms with Gasteiger partial charge in [0.05, 0.1) is 16.9 Å². The number of amides is 2. The fourth-order valence-electron chi connectivity index (χ4n) is 4.38. The molecule has 0 unspecified atom stereocenters. The number of primary amides is 1. The molecule has 2 aromatic carbocycles. The number of nitrogens with zero attached hydrogens (tertiary/aromatic N) is 2. The molecule has 1 aliphatic heterocycles. The summed E-state index contributed by atoms with van der Waals surface area (Å²) in [6, 6.07) is 11.8. The highest BCUT2D eigenvalue weighted by molar-refractivity contribution is 8.23. The molecule has 45 heavy (non-hydrogen) atoms. The molecule has 0 saturated carbocycles. The molecule has 1 saturated heterocycles. The summed E-state index contributed by atoms with van der Waals surface area (Å²) in [5.41, 5.74) is 6.73. The van der Waals surface area contributed by atoms with Crippen molar-refractivity contribution in [2.75, 3.05) is 0 Å². The number of esters is 1. The summed E-state index contributed by atoms with van der Waals surface area (Å²) < 4.78 is 18.1. The molecule has 242 valence electrons. The number of benzene rings is 2. The summed E-state index contributed by atoms with van der Waals surface area (Å²) in [7, 11) is -2.27. The molecular weight excluding hydrogens is 635 g/mol. The number of rotatable bonds is 11. The highest BCUT2D eigenvalue weighted by Gasteiger charge is 2.56. The van der Waals surface area contributed by atoms with Gasteiger partial charge in [-0.3, -0.25) is 24.6 Å². The minimum Gasteiger partial charge on any atom is -0.456 e. The number of non-ortho nitro benzene ring substituents is 1. The number of ether oxygens (including phenoxy) is 2. The van der Waals surface area contributed by atoms with Gasteiger partial charge in [-0.05, 0) is 110 Å². The van der Waals surface area contributed by atoms with Crippen LogP contribution in [0.2, 0.25) is 18.1 Å². The molecule has 2 amide bonds. The first-order valence-corrected chi connectivity index (χ1v) is 18.4. The van der Waals surface area contributed by atoms with E-state index in [9.17, 15) is 24.5 Å². The number of nitro benzene ring substituents is 1. The largest absolute Gasteiger partial charge is 0.456 e. The highest BCUT2D eigenvalue weighted by Crippen LogP contribution is 2.45. The van der Waals surface area contributed by atoms with Crippen molar-refractivity contribution in [3.63, 3.8) is 0 Å². The maximum Gasteiger partial charge on any atom is 0.355 e. The molecule has 0 bridgehead atoms. The van der Waals surface area contributed by atoms with Crippen molar-refractivity contribution in [2.24, 2.45) is 11.7 Å². The molecule has 1 fully saturated rings. The molecular formula is C31H39N3O8S2Si. The van der Waals surface area contributed by atoms with Gasteiger partial charge in [0.25, 0.3) is 5.69 Å². The predicted molar refractivity (Wildman–Crippen MR) is 179 cm³/mol. The predicted octanol–water partition coefficient (Wildman–Crippen LogP) is 6.32. The van der Waals surface area contributed by atoms with Crippen molar-refractivity contribution in [1.29, 1.82) is 0 Å². The van der Waals surface area contributed by atoms with E-state index in [4.69, 9.17) is 31.9 Å². The van der Waals surface area contributed by atoms with Gasteiger partial charge in [-0.25, -0.2) is 4.79 Å². The summed E-state index contributed by atoms with van der Waals surface area (Å²) in [4.78, 5) is 50.5. The Morgan fingerprint density at radius 3 is 2.18 bits per heavy atom. The molecule has 14 heteroatoms. The Balaban J connectivity index is 1.86. The normalized spacial score (nSPS) is 17.2. The summed E-state index contributed by atoms with van der Waals surface area (Å²) in [6.45, 7) is 15.7.